The average molecular weight is 855 g/mol. The molecule has 2 N–H and O–H groups in total. The van der Waals surface area contributed by atoms with Crippen LogP contribution in [0.4, 0.5) is 5.82 Å². The second-order valence-electron chi connectivity index (χ2n) is 15.9. The van der Waals surface area contributed by atoms with E-state index >= 15 is 0 Å². The molecule has 326 valence electrons. The highest BCUT2D eigenvalue weighted by Gasteiger charge is 2.35. The Morgan fingerprint density at radius 3 is 1.98 bits per heavy atom. The van der Waals surface area contributed by atoms with Crippen molar-refractivity contribution in [3.8, 4) is 5.75 Å². The SMILES string of the molecule is CCCCCCCCCCCCCCCCCCOCC(COP(=O)(OCC(CCc1ccc2c(N)ncnn12)OC)Oc1ccccc1Cl)N1Cc2ccccc2C1. The maximum Gasteiger partial charge on any atom is 0.530 e. The monoisotopic (exact) mass is 853 g/mol. The smallest absolute Gasteiger partial charge is 0.402 e. The van der Waals surface area contributed by atoms with Crippen molar-refractivity contribution in [1.82, 2.24) is 19.5 Å². The van der Waals surface area contributed by atoms with Gasteiger partial charge in [-0.1, -0.05) is 151 Å². The molecular weight excluding hydrogens is 785 g/mol. The fraction of sp³-hybridized carbons (Fsp3) is 0.609. The Bertz CT molecular complexity index is 1800. The Hall–Kier alpha value is -3.02. The number of nitrogens with two attached hydrogens (primary N) is 1. The van der Waals surface area contributed by atoms with E-state index in [9.17, 15) is 4.57 Å². The van der Waals surface area contributed by atoms with Crippen LogP contribution in [-0.4, -0.2) is 65.2 Å². The van der Waals surface area contributed by atoms with E-state index in [0.29, 0.717) is 36.9 Å². The highest BCUT2D eigenvalue weighted by molar-refractivity contribution is 7.48. The Morgan fingerprint density at radius 2 is 1.36 bits per heavy atom. The summed E-state index contributed by atoms with van der Waals surface area (Å²) in [6.07, 6.45) is 23.5. The van der Waals surface area contributed by atoms with Crippen molar-refractivity contribution in [2.75, 3.05) is 39.3 Å². The lowest BCUT2D eigenvalue weighted by Crippen LogP contribution is -2.38. The predicted molar refractivity (Wildman–Crippen MR) is 238 cm³/mol. The molecule has 2 aromatic heterocycles. The molecule has 0 radical (unpaired) electrons. The molecule has 3 atom stereocenters. The number of rotatable bonds is 32. The van der Waals surface area contributed by atoms with Crippen molar-refractivity contribution in [2.24, 2.45) is 0 Å². The number of nitrogen functional groups attached to an aromatic ring is 1. The van der Waals surface area contributed by atoms with Gasteiger partial charge in [0.25, 0.3) is 0 Å². The molecule has 0 aliphatic carbocycles. The molecule has 0 amide bonds. The van der Waals surface area contributed by atoms with Gasteiger partial charge in [0.05, 0.1) is 37.0 Å². The van der Waals surface area contributed by atoms with E-state index in [-0.39, 0.29) is 25.0 Å². The molecule has 13 heteroatoms. The second kappa shape index (κ2) is 26.3. The van der Waals surface area contributed by atoms with Gasteiger partial charge in [-0.15, -0.1) is 0 Å². The topological polar surface area (TPSA) is 123 Å². The van der Waals surface area contributed by atoms with E-state index in [1.54, 1.807) is 35.9 Å². The predicted octanol–water partition coefficient (Wildman–Crippen LogP) is 11.8. The summed E-state index contributed by atoms with van der Waals surface area (Å²) in [5.41, 5.74) is 10.3. The summed E-state index contributed by atoms with van der Waals surface area (Å²) < 4.78 is 46.6. The van der Waals surface area contributed by atoms with Crippen molar-refractivity contribution in [3.63, 3.8) is 0 Å². The third kappa shape index (κ3) is 16.1. The fourth-order valence-electron chi connectivity index (χ4n) is 7.70. The van der Waals surface area contributed by atoms with Crippen LogP contribution in [-0.2, 0) is 42.6 Å². The Balaban J connectivity index is 1.08. The molecule has 11 nitrogen and oxygen atoms in total. The molecule has 1 aliphatic rings. The number of para-hydroxylation sites is 1. The van der Waals surface area contributed by atoms with Crippen LogP contribution in [0.25, 0.3) is 5.52 Å². The van der Waals surface area contributed by atoms with Gasteiger partial charge in [-0.05, 0) is 54.7 Å². The summed E-state index contributed by atoms with van der Waals surface area (Å²) in [5, 5.41) is 4.65. The van der Waals surface area contributed by atoms with Crippen LogP contribution < -0.4 is 10.3 Å². The number of fused-ring (bicyclic) bond motifs is 2. The number of aryl methyl sites for hydroxylation is 1. The number of hydrogen-bond donors (Lipinski definition) is 1. The molecular formula is C46H69ClN5O6P. The first-order valence-electron chi connectivity index (χ1n) is 22.2. The summed E-state index contributed by atoms with van der Waals surface area (Å²) in [7, 11) is -2.60. The maximum absolute atomic E-state index is 14.5. The quantitative estimate of drug-likeness (QED) is 0.0375. The lowest BCUT2D eigenvalue weighted by Gasteiger charge is -2.29. The molecule has 0 fully saturated rings. The standard InChI is InChI=1S/C46H69ClN5O6P/c1-3-4-5-6-7-8-9-10-11-12-13-14-15-16-17-22-31-55-34-41(51-32-38-23-18-19-24-39(38)33-51)35-56-59(53,58-45-26-21-20-25-43(45)47)57-36-42(54-2)29-27-40-28-30-44-46(48)49-37-50-52(40)44/h18-21,23-26,28,30,37,41-42H,3-17,22,27,29,31-36H2,1-2H3,(H2,48,49,50). The summed E-state index contributed by atoms with van der Waals surface area (Å²) in [4.78, 5) is 6.39. The van der Waals surface area contributed by atoms with Gasteiger partial charge in [-0.2, -0.15) is 5.10 Å². The number of hydrogen-bond acceptors (Lipinski definition) is 10. The largest absolute Gasteiger partial charge is 0.530 e. The minimum Gasteiger partial charge on any atom is -0.402 e. The zero-order valence-electron chi connectivity index (χ0n) is 35.6. The number of anilines is 1. The van der Waals surface area contributed by atoms with Crippen LogP contribution in [0.2, 0.25) is 5.02 Å². The number of nitrogens with zero attached hydrogens (tertiary/aromatic N) is 4. The number of halogens is 1. The Labute approximate surface area is 358 Å². The number of methoxy groups -OCH3 is 1. The number of phosphoric ester groups is 1. The Morgan fingerprint density at radius 1 is 0.763 bits per heavy atom. The van der Waals surface area contributed by atoms with Gasteiger partial charge in [-0.3, -0.25) is 13.9 Å². The van der Waals surface area contributed by atoms with Crippen molar-refractivity contribution in [2.45, 2.75) is 148 Å². The zero-order chi connectivity index (χ0) is 41.5. The molecule has 0 spiro atoms. The average Bonchev–Trinajstić information content (AvgIpc) is 3.88. The second-order valence-corrected chi connectivity index (χ2v) is 17.9. The van der Waals surface area contributed by atoms with Gasteiger partial charge >= 0.3 is 7.82 Å². The summed E-state index contributed by atoms with van der Waals surface area (Å²) >= 11 is 6.46. The molecule has 3 unspecified atom stereocenters. The number of unbranched alkanes of at least 4 members (excludes halogenated alkanes) is 15. The van der Waals surface area contributed by atoms with Crippen molar-refractivity contribution >= 4 is 30.8 Å². The summed E-state index contributed by atoms with van der Waals surface area (Å²) in [5.74, 6) is 0.627. The third-order valence-corrected chi connectivity index (χ3v) is 13.0. The van der Waals surface area contributed by atoms with Crippen molar-refractivity contribution < 1.29 is 27.6 Å². The number of phosphoric acid groups is 1. The van der Waals surface area contributed by atoms with Gasteiger partial charge in [0.1, 0.15) is 17.6 Å². The van der Waals surface area contributed by atoms with E-state index in [0.717, 1.165) is 37.1 Å². The molecule has 59 heavy (non-hydrogen) atoms. The highest BCUT2D eigenvalue weighted by atomic mass is 35.5. The molecule has 0 saturated heterocycles. The first-order chi connectivity index (χ1) is 28.9. The van der Waals surface area contributed by atoms with E-state index < -0.39 is 13.9 Å². The molecule has 0 saturated carbocycles. The normalized spacial score (nSPS) is 15.0. The first kappa shape index (κ1) is 47.0. The summed E-state index contributed by atoms with van der Waals surface area (Å²) in [6.45, 7) is 4.92. The molecule has 5 rings (SSSR count). The van der Waals surface area contributed by atoms with Crippen LogP contribution in [0, 0.1) is 0 Å². The van der Waals surface area contributed by atoms with Gasteiger partial charge in [0.2, 0.25) is 0 Å². The van der Waals surface area contributed by atoms with Crippen LogP contribution >= 0.6 is 19.4 Å². The van der Waals surface area contributed by atoms with E-state index in [2.05, 4.69) is 46.2 Å². The van der Waals surface area contributed by atoms with Crippen LogP contribution in [0.15, 0.2) is 67.0 Å². The molecule has 1 aliphatic heterocycles. The van der Waals surface area contributed by atoms with Crippen molar-refractivity contribution in [1.29, 1.82) is 0 Å². The third-order valence-electron chi connectivity index (χ3n) is 11.3. The van der Waals surface area contributed by atoms with Gasteiger partial charge in [0.15, 0.2) is 5.82 Å². The number of benzene rings is 2. The number of ether oxygens (including phenoxy) is 2. The van der Waals surface area contributed by atoms with Gasteiger partial charge in [0, 0.05) is 32.5 Å². The molecule has 3 heterocycles. The molecule has 0 bridgehead atoms. The molecule has 2 aromatic carbocycles. The first-order valence-corrected chi connectivity index (χ1v) is 24.0. The van der Waals surface area contributed by atoms with E-state index in [4.69, 9.17) is 40.4 Å². The minimum absolute atomic E-state index is 0.0335. The lowest BCUT2D eigenvalue weighted by molar-refractivity contribution is 0.0126. The minimum atomic E-state index is -4.20. The lowest BCUT2D eigenvalue weighted by atomic mass is 10.0. The Kier molecular flexibility index (Phi) is 21.0. The highest BCUT2D eigenvalue weighted by Crippen LogP contribution is 2.51. The van der Waals surface area contributed by atoms with Gasteiger partial charge in [-0.25, -0.2) is 14.1 Å². The van der Waals surface area contributed by atoms with E-state index in [1.165, 1.54) is 107 Å². The fourth-order valence-corrected chi connectivity index (χ4v) is 9.22. The maximum atomic E-state index is 14.5. The van der Waals surface area contributed by atoms with Crippen LogP contribution in [0.5, 0.6) is 5.75 Å². The van der Waals surface area contributed by atoms with E-state index in [1.807, 2.05) is 12.1 Å². The number of aromatic nitrogens is 3. The van der Waals surface area contributed by atoms with Crippen LogP contribution in [0.3, 0.4) is 0 Å². The molecule has 4 aromatic rings. The zero-order valence-corrected chi connectivity index (χ0v) is 37.3. The van der Waals surface area contributed by atoms with Crippen LogP contribution in [0.1, 0.15) is 133 Å². The van der Waals surface area contributed by atoms with Gasteiger partial charge < -0.3 is 19.7 Å². The van der Waals surface area contributed by atoms with Crippen molar-refractivity contribution in [3.05, 3.63) is 88.8 Å². The summed E-state index contributed by atoms with van der Waals surface area (Å²) in [6, 6.07) is 19.0.